The number of rotatable bonds is 6. The Hall–Kier alpha value is -3.60. The van der Waals surface area contributed by atoms with Gasteiger partial charge in [0.05, 0.1) is 11.3 Å². The van der Waals surface area contributed by atoms with Crippen LogP contribution in [-0.4, -0.2) is 17.0 Å². The molecule has 0 aliphatic carbocycles. The highest BCUT2D eigenvalue weighted by atomic mass is 16.4. The van der Waals surface area contributed by atoms with Gasteiger partial charge in [-0.2, -0.15) is 0 Å². The summed E-state index contributed by atoms with van der Waals surface area (Å²) < 4.78 is 0. The predicted octanol–water partition coefficient (Wildman–Crippen LogP) is 4.00. The molecule has 0 unspecified atom stereocenters. The van der Waals surface area contributed by atoms with E-state index in [9.17, 15) is 14.7 Å². The molecular weight excluding hydrogens is 340 g/mol. The Morgan fingerprint density at radius 1 is 0.852 bits per heavy atom. The summed E-state index contributed by atoms with van der Waals surface area (Å²) >= 11 is 0. The Balaban J connectivity index is 1.80. The van der Waals surface area contributed by atoms with Crippen molar-refractivity contribution in [1.29, 1.82) is 0 Å². The fourth-order valence-corrected chi connectivity index (χ4v) is 2.80. The molecule has 0 bridgehead atoms. The smallest absolute Gasteiger partial charge is 0.337 e. The van der Waals surface area contributed by atoms with E-state index in [0.29, 0.717) is 11.3 Å². The Labute approximate surface area is 157 Å². The average Bonchev–Trinajstić information content (AvgIpc) is 2.67. The molecule has 27 heavy (non-hydrogen) atoms. The van der Waals surface area contributed by atoms with Crippen molar-refractivity contribution in [2.24, 2.45) is 0 Å². The molecule has 0 saturated heterocycles. The number of aryl methyl sites for hydroxylation is 2. The van der Waals surface area contributed by atoms with Gasteiger partial charge in [0.2, 0.25) is 0 Å². The minimum Gasteiger partial charge on any atom is -0.478 e. The molecule has 3 rings (SSSR count). The van der Waals surface area contributed by atoms with Crippen LogP contribution in [-0.2, 0) is 12.8 Å². The second-order valence-corrected chi connectivity index (χ2v) is 6.25. The quantitative estimate of drug-likeness (QED) is 0.579. The first-order chi connectivity index (χ1) is 13.0. The first-order valence-corrected chi connectivity index (χ1v) is 8.60. The molecule has 0 spiro atoms. The van der Waals surface area contributed by atoms with Crippen LogP contribution in [0.3, 0.4) is 0 Å². The van der Waals surface area contributed by atoms with Gasteiger partial charge in [-0.1, -0.05) is 36.4 Å². The van der Waals surface area contributed by atoms with Crippen molar-refractivity contribution in [3.8, 4) is 0 Å². The van der Waals surface area contributed by atoms with Crippen molar-refractivity contribution in [2.45, 2.75) is 12.8 Å². The van der Waals surface area contributed by atoms with Crippen LogP contribution in [0.1, 0.15) is 31.8 Å². The molecule has 5 nitrogen and oxygen atoms in total. The molecule has 3 aromatic carbocycles. The topological polar surface area (TPSA) is 92.4 Å². The second kappa shape index (κ2) is 8.19. The van der Waals surface area contributed by atoms with Gasteiger partial charge < -0.3 is 16.2 Å². The predicted molar refractivity (Wildman–Crippen MR) is 106 cm³/mol. The van der Waals surface area contributed by atoms with E-state index in [1.807, 2.05) is 18.2 Å². The summed E-state index contributed by atoms with van der Waals surface area (Å²) in [5, 5.41) is 12.1. The van der Waals surface area contributed by atoms with E-state index >= 15 is 0 Å². The number of nitrogens with two attached hydrogens (primary N) is 1. The van der Waals surface area contributed by atoms with Gasteiger partial charge >= 0.3 is 5.97 Å². The SMILES string of the molecule is Nc1ccc(C(=O)Nc2cc(CCc3ccccc3)ccc2C(=O)O)cc1. The van der Waals surface area contributed by atoms with E-state index in [1.165, 1.54) is 11.6 Å². The second-order valence-electron chi connectivity index (χ2n) is 6.25. The number of carbonyl (C=O) groups is 2. The summed E-state index contributed by atoms with van der Waals surface area (Å²) in [4.78, 5) is 24.0. The van der Waals surface area contributed by atoms with Crippen LogP contribution in [0, 0.1) is 0 Å². The van der Waals surface area contributed by atoms with Gasteiger partial charge in [-0.25, -0.2) is 4.79 Å². The molecule has 0 aliphatic heterocycles. The van der Waals surface area contributed by atoms with E-state index in [4.69, 9.17) is 5.73 Å². The highest BCUT2D eigenvalue weighted by molar-refractivity contribution is 6.07. The van der Waals surface area contributed by atoms with E-state index in [2.05, 4.69) is 17.4 Å². The number of anilines is 2. The number of hydrogen-bond donors (Lipinski definition) is 3. The number of aromatic carboxylic acids is 1. The van der Waals surface area contributed by atoms with Crippen LogP contribution in [0.5, 0.6) is 0 Å². The van der Waals surface area contributed by atoms with E-state index < -0.39 is 5.97 Å². The van der Waals surface area contributed by atoms with Gasteiger partial charge in [0.1, 0.15) is 0 Å². The van der Waals surface area contributed by atoms with E-state index in [0.717, 1.165) is 18.4 Å². The third-order valence-corrected chi connectivity index (χ3v) is 4.28. The summed E-state index contributed by atoms with van der Waals surface area (Å²) in [5.41, 5.74) is 9.10. The number of carboxylic acids is 1. The number of nitrogens with one attached hydrogen (secondary N) is 1. The van der Waals surface area contributed by atoms with Gasteiger partial charge in [-0.3, -0.25) is 4.79 Å². The van der Waals surface area contributed by atoms with Crippen molar-refractivity contribution in [1.82, 2.24) is 0 Å². The fourth-order valence-electron chi connectivity index (χ4n) is 2.80. The largest absolute Gasteiger partial charge is 0.478 e. The molecule has 4 N–H and O–H groups in total. The fraction of sp³-hybridized carbons (Fsp3) is 0.0909. The lowest BCUT2D eigenvalue weighted by molar-refractivity contribution is 0.0698. The maximum Gasteiger partial charge on any atom is 0.337 e. The van der Waals surface area contributed by atoms with Gasteiger partial charge in [-0.05, 0) is 60.4 Å². The normalized spacial score (nSPS) is 10.4. The Kier molecular flexibility index (Phi) is 5.52. The number of carbonyl (C=O) groups excluding carboxylic acids is 1. The lowest BCUT2D eigenvalue weighted by Gasteiger charge is -2.11. The van der Waals surface area contributed by atoms with Crippen molar-refractivity contribution in [3.63, 3.8) is 0 Å². The average molecular weight is 360 g/mol. The molecule has 0 atom stereocenters. The molecule has 0 radical (unpaired) electrons. The van der Waals surface area contributed by atoms with Gasteiger partial charge in [-0.15, -0.1) is 0 Å². The standard InChI is InChI=1S/C22H20N2O3/c23-18-11-9-17(10-12-18)21(25)24-20-14-16(8-13-19(20)22(26)27)7-6-15-4-2-1-3-5-15/h1-5,8-14H,6-7,23H2,(H,24,25)(H,26,27). The Morgan fingerprint density at radius 3 is 2.19 bits per heavy atom. The molecule has 0 aromatic heterocycles. The highest BCUT2D eigenvalue weighted by Crippen LogP contribution is 2.21. The number of nitrogen functional groups attached to an aromatic ring is 1. The number of amides is 1. The minimum atomic E-state index is -1.09. The monoisotopic (exact) mass is 360 g/mol. The summed E-state index contributed by atoms with van der Waals surface area (Å²) in [5.74, 6) is -1.46. The first kappa shape index (κ1) is 18.2. The maximum atomic E-state index is 12.4. The molecule has 136 valence electrons. The lowest BCUT2D eigenvalue weighted by atomic mass is 10.0. The van der Waals surface area contributed by atoms with Crippen molar-refractivity contribution in [3.05, 3.63) is 95.1 Å². The van der Waals surface area contributed by atoms with Gasteiger partial charge in [0.15, 0.2) is 0 Å². The summed E-state index contributed by atoms with van der Waals surface area (Å²) in [6, 6.07) is 21.5. The zero-order chi connectivity index (χ0) is 19.2. The summed E-state index contributed by atoms with van der Waals surface area (Å²) in [6.45, 7) is 0. The van der Waals surface area contributed by atoms with E-state index in [-0.39, 0.29) is 17.2 Å². The van der Waals surface area contributed by atoms with Crippen LogP contribution >= 0.6 is 0 Å². The zero-order valence-electron chi connectivity index (χ0n) is 14.7. The first-order valence-electron chi connectivity index (χ1n) is 8.60. The highest BCUT2D eigenvalue weighted by Gasteiger charge is 2.14. The van der Waals surface area contributed by atoms with E-state index in [1.54, 1.807) is 36.4 Å². The minimum absolute atomic E-state index is 0.0576. The van der Waals surface area contributed by atoms with Gasteiger partial charge in [0, 0.05) is 11.3 Å². The van der Waals surface area contributed by atoms with Crippen LogP contribution in [0.2, 0.25) is 0 Å². The number of carboxylic acid groups (broad SMARTS) is 1. The number of benzene rings is 3. The summed E-state index contributed by atoms with van der Waals surface area (Å²) in [7, 11) is 0. The molecular formula is C22H20N2O3. The molecule has 0 aliphatic rings. The molecule has 0 heterocycles. The molecule has 0 saturated carbocycles. The Bertz CT molecular complexity index is 951. The number of hydrogen-bond acceptors (Lipinski definition) is 3. The van der Waals surface area contributed by atoms with Crippen molar-refractivity contribution in [2.75, 3.05) is 11.1 Å². The van der Waals surface area contributed by atoms with Crippen LogP contribution < -0.4 is 11.1 Å². The third kappa shape index (κ3) is 4.73. The summed E-state index contributed by atoms with van der Waals surface area (Å²) in [6.07, 6.45) is 1.58. The van der Waals surface area contributed by atoms with Crippen LogP contribution in [0.25, 0.3) is 0 Å². The lowest BCUT2D eigenvalue weighted by Crippen LogP contribution is -2.15. The van der Waals surface area contributed by atoms with Crippen LogP contribution in [0.4, 0.5) is 11.4 Å². The molecule has 0 fully saturated rings. The van der Waals surface area contributed by atoms with Crippen molar-refractivity contribution >= 4 is 23.3 Å². The Morgan fingerprint density at radius 2 is 1.52 bits per heavy atom. The molecule has 3 aromatic rings. The third-order valence-electron chi connectivity index (χ3n) is 4.28. The molecule has 5 heteroatoms. The zero-order valence-corrected chi connectivity index (χ0v) is 14.7. The van der Waals surface area contributed by atoms with Gasteiger partial charge in [0.25, 0.3) is 5.91 Å². The molecule has 1 amide bonds. The maximum absolute atomic E-state index is 12.4. The van der Waals surface area contributed by atoms with Crippen LogP contribution in [0.15, 0.2) is 72.8 Å². The van der Waals surface area contributed by atoms with Crippen molar-refractivity contribution < 1.29 is 14.7 Å².